The first-order valence-electron chi connectivity index (χ1n) is 21.6. The minimum absolute atomic E-state index is 0.796. The van der Waals surface area contributed by atoms with Crippen molar-refractivity contribution < 1.29 is 16.5 Å². The molecule has 6 aromatic rings. The van der Waals surface area contributed by atoms with E-state index in [2.05, 4.69) is 236 Å². The number of benzene rings is 6. The molecular formula is C50H66O4Si6. The van der Waals surface area contributed by atoms with Crippen molar-refractivity contribution in [1.29, 1.82) is 0 Å². The molecule has 0 heterocycles. The van der Waals surface area contributed by atoms with Crippen LogP contribution in [-0.2, 0) is 28.5 Å². The summed E-state index contributed by atoms with van der Waals surface area (Å²) in [7, 11) is -16.6. The lowest BCUT2D eigenvalue weighted by Crippen LogP contribution is -2.73. The van der Waals surface area contributed by atoms with E-state index in [1.54, 1.807) is 0 Å². The number of hydrogen-bond acceptors (Lipinski definition) is 4. The highest BCUT2D eigenvalue weighted by Crippen LogP contribution is 2.33. The maximum Gasteiger partial charge on any atom is 0.506 e. The lowest BCUT2D eigenvalue weighted by Gasteiger charge is -2.47. The summed E-state index contributed by atoms with van der Waals surface area (Å²) < 4.78 is 31.9. The van der Waals surface area contributed by atoms with E-state index in [0.717, 1.165) is 29.4 Å². The summed E-state index contributed by atoms with van der Waals surface area (Å²) in [5.74, 6) is 0. The molecule has 6 aromatic carbocycles. The molecule has 0 aromatic heterocycles. The van der Waals surface area contributed by atoms with Crippen LogP contribution in [-0.4, -0.2) is 50.4 Å². The van der Waals surface area contributed by atoms with Crippen LogP contribution in [0.1, 0.15) is 22.3 Å². The van der Waals surface area contributed by atoms with Crippen molar-refractivity contribution in [2.45, 2.75) is 90.4 Å². The summed E-state index contributed by atoms with van der Waals surface area (Å²) in [6, 6.07) is 64.7. The molecule has 0 saturated carbocycles. The second-order valence-corrected chi connectivity index (χ2v) is 42.2. The molecule has 0 aliphatic rings. The van der Waals surface area contributed by atoms with Gasteiger partial charge in [0, 0.05) is 5.19 Å². The molecule has 0 aliphatic carbocycles. The Kier molecular flexibility index (Phi) is 14.7. The van der Waals surface area contributed by atoms with Crippen LogP contribution < -0.4 is 20.7 Å². The Morgan fingerprint density at radius 2 is 0.667 bits per heavy atom. The van der Waals surface area contributed by atoms with Crippen molar-refractivity contribution in [2.75, 3.05) is 0 Å². The van der Waals surface area contributed by atoms with Crippen molar-refractivity contribution >= 4 is 71.1 Å². The highest BCUT2D eigenvalue weighted by molar-refractivity contribution is 7.01. The van der Waals surface area contributed by atoms with Crippen molar-refractivity contribution in [3.05, 3.63) is 192 Å². The first-order valence-corrected chi connectivity index (χ1v) is 37.6. The van der Waals surface area contributed by atoms with Crippen LogP contribution in [0.15, 0.2) is 170 Å². The van der Waals surface area contributed by atoms with E-state index in [9.17, 15) is 0 Å². The zero-order valence-corrected chi connectivity index (χ0v) is 43.6. The zero-order chi connectivity index (χ0) is 43.1. The van der Waals surface area contributed by atoms with Crippen LogP contribution in [0.2, 0.25) is 64.5 Å². The lowest BCUT2D eigenvalue weighted by atomic mass is 10.1. The first kappa shape index (κ1) is 46.0. The van der Waals surface area contributed by atoms with Gasteiger partial charge in [0.25, 0.3) is 0 Å². The Hall–Kier alpha value is -3.54. The molecular weight excluding hydrogens is 833 g/mol. The van der Waals surface area contributed by atoms with Crippen LogP contribution in [0.5, 0.6) is 0 Å². The molecule has 0 spiro atoms. The van der Waals surface area contributed by atoms with Gasteiger partial charge in [-0.15, -0.1) is 0 Å². The van der Waals surface area contributed by atoms with Gasteiger partial charge < -0.3 is 16.5 Å². The molecule has 3 atom stereocenters. The largest absolute Gasteiger partial charge is 0.506 e. The smallest absolute Gasteiger partial charge is 0.452 e. The van der Waals surface area contributed by atoms with E-state index in [0.29, 0.717) is 0 Å². The third-order valence-electron chi connectivity index (χ3n) is 11.7. The van der Waals surface area contributed by atoms with Crippen molar-refractivity contribution in [3.8, 4) is 0 Å². The summed E-state index contributed by atoms with van der Waals surface area (Å²) >= 11 is 0. The minimum atomic E-state index is -3.84. The van der Waals surface area contributed by atoms with E-state index in [1.807, 2.05) is 0 Å². The fourth-order valence-corrected chi connectivity index (χ4v) is 37.9. The molecule has 4 nitrogen and oxygen atoms in total. The SMILES string of the molecule is Cc1ccccc1C[Si](C)(O[Si](O[Si](C)(C)CC[Si](C)(O[Si](C)(C)C)c1ccccc1)(O[Si](C)(Cc1ccccc1C)c1ccccc1)c1ccccc1)c1ccccc1. The zero-order valence-electron chi connectivity index (χ0n) is 37.6. The van der Waals surface area contributed by atoms with Crippen molar-refractivity contribution in [3.63, 3.8) is 0 Å². The second kappa shape index (κ2) is 19.2. The van der Waals surface area contributed by atoms with Gasteiger partial charge in [-0.2, -0.15) is 0 Å². The van der Waals surface area contributed by atoms with Crippen LogP contribution in [0.25, 0.3) is 0 Å². The van der Waals surface area contributed by atoms with Gasteiger partial charge in [-0.25, -0.2) is 0 Å². The molecule has 314 valence electrons. The van der Waals surface area contributed by atoms with Gasteiger partial charge in [-0.3, -0.25) is 0 Å². The number of rotatable bonds is 19. The third kappa shape index (κ3) is 11.7. The molecule has 6 rings (SSSR count). The van der Waals surface area contributed by atoms with Crippen LogP contribution in [0, 0.1) is 13.8 Å². The Balaban J connectivity index is 1.55. The standard InChI is InChI=1S/C50H66O4Si6/c1-43-27-23-25-29-45(43)41-58(9,48-33-17-12-18-34-48)53-60(50-37-21-14-22-38-50,54-59(10,49-35-19-13-20-36-49)42-46-30-26-24-28-44(46)2)52-56(6,7)39-40-57(8,51-55(3,4)5)47-31-15-11-16-32-47/h11-38H,39-42H2,1-10H3. The van der Waals surface area contributed by atoms with Gasteiger partial charge >= 0.3 is 8.80 Å². The maximum atomic E-state index is 8.26. The third-order valence-corrected chi connectivity index (χ3v) is 36.0. The van der Waals surface area contributed by atoms with Gasteiger partial charge in [-0.1, -0.05) is 170 Å². The molecule has 10 heteroatoms. The molecule has 0 bridgehead atoms. The van der Waals surface area contributed by atoms with Crippen LogP contribution in [0.4, 0.5) is 0 Å². The first-order chi connectivity index (χ1) is 28.4. The van der Waals surface area contributed by atoms with Crippen LogP contribution in [0.3, 0.4) is 0 Å². The Morgan fingerprint density at radius 1 is 0.333 bits per heavy atom. The fraction of sp³-hybridized carbons (Fsp3) is 0.280. The monoisotopic (exact) mass is 898 g/mol. The predicted molar refractivity (Wildman–Crippen MR) is 269 cm³/mol. The molecule has 0 amide bonds. The summed E-state index contributed by atoms with van der Waals surface area (Å²) in [6.45, 7) is 23.4. The molecule has 0 N–H and O–H groups in total. The van der Waals surface area contributed by atoms with Crippen molar-refractivity contribution in [1.82, 2.24) is 0 Å². The molecule has 0 radical (unpaired) electrons. The molecule has 3 unspecified atom stereocenters. The molecule has 0 aliphatic heterocycles. The Bertz CT molecular complexity index is 2170. The van der Waals surface area contributed by atoms with E-state index >= 15 is 0 Å². The van der Waals surface area contributed by atoms with E-state index in [-0.39, 0.29) is 0 Å². The van der Waals surface area contributed by atoms with Crippen molar-refractivity contribution in [2.24, 2.45) is 0 Å². The maximum absolute atomic E-state index is 8.26. The predicted octanol–water partition coefficient (Wildman–Crippen LogP) is 10.6. The van der Waals surface area contributed by atoms with Gasteiger partial charge in [0.2, 0.25) is 25.0 Å². The summed E-state index contributed by atoms with van der Waals surface area (Å²) in [4.78, 5) is 0. The summed E-state index contributed by atoms with van der Waals surface area (Å²) in [5.41, 5.74) is 5.16. The molecule has 0 fully saturated rings. The molecule has 0 saturated heterocycles. The minimum Gasteiger partial charge on any atom is -0.452 e. The Morgan fingerprint density at radius 3 is 1.03 bits per heavy atom. The fourth-order valence-electron chi connectivity index (χ4n) is 8.47. The van der Waals surface area contributed by atoms with E-state index in [1.165, 1.54) is 37.8 Å². The van der Waals surface area contributed by atoms with Gasteiger partial charge in [0.15, 0.2) is 16.6 Å². The van der Waals surface area contributed by atoms with Gasteiger partial charge in [-0.05, 0) is 128 Å². The topological polar surface area (TPSA) is 36.9 Å². The van der Waals surface area contributed by atoms with Gasteiger partial charge in [0.05, 0.1) is 0 Å². The number of hydrogen-bond donors (Lipinski definition) is 0. The van der Waals surface area contributed by atoms with E-state index < -0.39 is 50.4 Å². The highest BCUT2D eigenvalue weighted by Gasteiger charge is 2.57. The highest BCUT2D eigenvalue weighted by atomic mass is 28.5. The lowest BCUT2D eigenvalue weighted by molar-refractivity contribution is 0.270. The summed E-state index contributed by atoms with van der Waals surface area (Å²) in [6.07, 6.45) is 0. The quantitative estimate of drug-likeness (QED) is 0.0759. The average Bonchev–Trinajstić information content (AvgIpc) is 3.22. The van der Waals surface area contributed by atoms with Gasteiger partial charge in [0.1, 0.15) is 0 Å². The second-order valence-electron chi connectivity index (χ2n) is 18.7. The molecule has 60 heavy (non-hydrogen) atoms. The van der Waals surface area contributed by atoms with E-state index in [4.69, 9.17) is 16.5 Å². The van der Waals surface area contributed by atoms with Crippen LogP contribution >= 0.6 is 0 Å². The average molecular weight is 900 g/mol. The normalized spacial score (nSPS) is 16.2. The number of aryl methyl sites for hydroxylation is 2. The summed E-state index contributed by atoms with van der Waals surface area (Å²) in [5, 5.41) is 4.86. The Labute approximate surface area is 368 Å².